The van der Waals surface area contributed by atoms with Gasteiger partial charge in [0.05, 0.1) is 23.8 Å². The lowest BCUT2D eigenvalue weighted by atomic mass is 9.83. The van der Waals surface area contributed by atoms with E-state index in [-0.39, 0.29) is 77.2 Å². The Morgan fingerprint density at radius 1 is 1.15 bits per heavy atom. The predicted octanol–water partition coefficient (Wildman–Crippen LogP) is 2.35. The van der Waals surface area contributed by atoms with Crippen molar-refractivity contribution in [1.29, 1.82) is 0 Å². The van der Waals surface area contributed by atoms with Crippen LogP contribution in [0.4, 0.5) is 0 Å². The van der Waals surface area contributed by atoms with Gasteiger partial charge in [-0.2, -0.15) is 0 Å². The Morgan fingerprint density at radius 2 is 1.83 bits per heavy atom. The average Bonchev–Trinajstić information content (AvgIpc) is 3.80. The van der Waals surface area contributed by atoms with E-state index < -0.39 is 21.0 Å². The second-order valence-electron chi connectivity index (χ2n) is 13.1. The summed E-state index contributed by atoms with van der Waals surface area (Å²) in [5.74, 6) is -0.302. The Morgan fingerprint density at radius 3 is 2.44 bits per heavy atom. The van der Waals surface area contributed by atoms with Crippen LogP contribution in [-0.4, -0.2) is 79.8 Å². The number of hydrogen-bond donors (Lipinski definition) is 2. The van der Waals surface area contributed by atoms with Crippen LogP contribution >= 0.6 is 0 Å². The molecule has 11 heteroatoms. The third-order valence-corrected chi connectivity index (χ3v) is 11.8. The number of rotatable bonds is 9. The van der Waals surface area contributed by atoms with Crippen LogP contribution in [0.1, 0.15) is 73.1 Å². The van der Waals surface area contributed by atoms with E-state index in [0.29, 0.717) is 5.92 Å². The first-order valence-electron chi connectivity index (χ1n) is 14.7. The predicted molar refractivity (Wildman–Crippen MR) is 152 cm³/mol. The van der Waals surface area contributed by atoms with Gasteiger partial charge in [0.15, 0.2) is 9.84 Å². The number of nitrogens with zero attached hydrogens (tertiary/aromatic N) is 2. The highest BCUT2D eigenvalue weighted by Crippen LogP contribution is 2.55. The quantitative estimate of drug-likeness (QED) is 0.426. The van der Waals surface area contributed by atoms with Crippen LogP contribution in [0.3, 0.4) is 0 Å². The molecule has 0 spiro atoms. The molecule has 5 aliphatic rings. The molecule has 1 aliphatic heterocycles. The van der Waals surface area contributed by atoms with Crippen molar-refractivity contribution in [2.24, 2.45) is 29.1 Å². The standard InChI is InChI=1S/C30H40N4O6S/c1-16(30(2)9-10-30)32-27(36)24-20-7-8-21(22(20)11-17-5-6-17)25(24)33-26(35)23-12-18(13-31-28(23)40-3)29(37)34-14-19(15-34)41(4,38)39/h11-13,16-17,19-21,24-25H,5-10,14-15H2,1-4H3,(H,32,36)(H,33,35)/b22-11-/t16-,20+,21-,24?,25-/m1/s1. The summed E-state index contributed by atoms with van der Waals surface area (Å²) < 4.78 is 28.9. The molecule has 4 saturated carbocycles. The van der Waals surface area contributed by atoms with Crippen molar-refractivity contribution in [2.45, 2.75) is 69.7 Å². The van der Waals surface area contributed by atoms with Gasteiger partial charge in [-0.25, -0.2) is 13.4 Å². The SMILES string of the molecule is COc1ncc(C(=O)N2CC(S(C)(=O)=O)C2)cc1C(=O)N[C@H]1C(C(=O)N[C@H](C)C2(C)CC2)[C@H]2CC[C@@H]1/C2=C\C1CC1. The fourth-order valence-electron chi connectivity index (χ4n) is 6.86. The summed E-state index contributed by atoms with van der Waals surface area (Å²) in [5, 5.41) is 5.87. The molecule has 41 heavy (non-hydrogen) atoms. The van der Waals surface area contributed by atoms with E-state index in [1.54, 1.807) is 0 Å². The number of sulfone groups is 1. The van der Waals surface area contributed by atoms with Gasteiger partial charge >= 0.3 is 0 Å². The average molecular weight is 585 g/mol. The van der Waals surface area contributed by atoms with E-state index in [1.165, 1.54) is 42.7 Å². The largest absolute Gasteiger partial charge is 0.480 e. The molecular weight excluding hydrogens is 544 g/mol. The molecule has 1 aromatic heterocycles. The van der Waals surface area contributed by atoms with Crippen molar-refractivity contribution in [3.05, 3.63) is 35.0 Å². The van der Waals surface area contributed by atoms with Gasteiger partial charge in [-0.15, -0.1) is 0 Å². The number of nitrogens with one attached hydrogen (secondary N) is 2. The van der Waals surface area contributed by atoms with Crippen molar-refractivity contribution in [3.63, 3.8) is 0 Å². The van der Waals surface area contributed by atoms with Crippen LogP contribution in [0.25, 0.3) is 0 Å². The summed E-state index contributed by atoms with van der Waals surface area (Å²) in [6, 6.07) is 1.16. The molecule has 0 aromatic carbocycles. The van der Waals surface area contributed by atoms with Gasteiger partial charge in [0.1, 0.15) is 5.56 Å². The Bertz CT molecular complexity index is 1410. The monoisotopic (exact) mass is 584 g/mol. The lowest BCUT2D eigenvalue weighted by molar-refractivity contribution is -0.128. The second kappa shape index (κ2) is 10.1. The molecule has 10 nitrogen and oxygen atoms in total. The minimum Gasteiger partial charge on any atom is -0.480 e. The molecule has 1 unspecified atom stereocenters. The highest BCUT2D eigenvalue weighted by Gasteiger charge is 2.56. The highest BCUT2D eigenvalue weighted by molar-refractivity contribution is 7.91. The van der Waals surface area contributed by atoms with E-state index in [4.69, 9.17) is 4.74 Å². The van der Waals surface area contributed by atoms with Gasteiger partial charge in [-0.3, -0.25) is 14.4 Å². The molecule has 3 amide bonds. The molecule has 5 fully saturated rings. The molecule has 2 heterocycles. The molecule has 1 aromatic rings. The zero-order valence-corrected chi connectivity index (χ0v) is 25.0. The maximum Gasteiger partial charge on any atom is 0.257 e. The zero-order valence-electron chi connectivity index (χ0n) is 24.2. The van der Waals surface area contributed by atoms with Gasteiger partial charge in [0.2, 0.25) is 11.8 Å². The van der Waals surface area contributed by atoms with E-state index in [9.17, 15) is 22.8 Å². The summed E-state index contributed by atoms with van der Waals surface area (Å²) >= 11 is 0. The van der Waals surface area contributed by atoms with Crippen molar-refractivity contribution in [3.8, 4) is 5.88 Å². The number of carbonyl (C=O) groups excluding carboxylic acids is 3. The maximum absolute atomic E-state index is 13.8. The van der Waals surface area contributed by atoms with Crippen LogP contribution in [0.5, 0.6) is 5.88 Å². The number of pyridine rings is 1. The first kappa shape index (κ1) is 28.2. The number of carbonyl (C=O) groups is 3. The van der Waals surface area contributed by atoms with Crippen molar-refractivity contribution in [1.82, 2.24) is 20.5 Å². The van der Waals surface area contributed by atoms with E-state index in [2.05, 4.69) is 35.5 Å². The lowest BCUT2D eigenvalue weighted by Gasteiger charge is -2.37. The molecule has 5 atom stereocenters. The molecule has 4 aliphatic carbocycles. The van der Waals surface area contributed by atoms with Crippen molar-refractivity contribution < 1.29 is 27.5 Å². The van der Waals surface area contributed by atoms with Crippen molar-refractivity contribution >= 4 is 27.6 Å². The van der Waals surface area contributed by atoms with Crippen molar-refractivity contribution in [2.75, 3.05) is 26.5 Å². The van der Waals surface area contributed by atoms with E-state index in [0.717, 1.165) is 31.9 Å². The third-order valence-electron chi connectivity index (χ3n) is 10.3. The van der Waals surface area contributed by atoms with Crippen LogP contribution in [-0.2, 0) is 14.6 Å². The molecule has 2 bridgehead atoms. The van der Waals surface area contributed by atoms with Gasteiger partial charge in [0, 0.05) is 43.5 Å². The van der Waals surface area contributed by atoms with Gasteiger partial charge in [-0.1, -0.05) is 18.6 Å². The smallest absolute Gasteiger partial charge is 0.257 e. The minimum absolute atomic E-state index is 0.00273. The third kappa shape index (κ3) is 5.26. The number of methoxy groups -OCH3 is 1. The number of fused-ring (bicyclic) bond motifs is 2. The summed E-state index contributed by atoms with van der Waals surface area (Å²) in [5.41, 5.74) is 1.76. The summed E-state index contributed by atoms with van der Waals surface area (Å²) in [6.45, 7) is 4.49. The number of hydrogen-bond acceptors (Lipinski definition) is 7. The Kier molecular flexibility index (Phi) is 6.94. The van der Waals surface area contributed by atoms with E-state index >= 15 is 0 Å². The lowest BCUT2D eigenvalue weighted by Crippen LogP contribution is -2.56. The summed E-state index contributed by atoms with van der Waals surface area (Å²) in [6.07, 6.45) is 11.3. The van der Waals surface area contributed by atoms with E-state index in [1.807, 2.05) is 0 Å². The molecule has 2 N–H and O–H groups in total. The van der Waals surface area contributed by atoms with Gasteiger partial charge in [-0.05, 0) is 68.8 Å². The minimum atomic E-state index is -3.23. The van der Waals surface area contributed by atoms with Crippen LogP contribution in [0.2, 0.25) is 0 Å². The molecule has 6 rings (SSSR count). The van der Waals surface area contributed by atoms with Crippen LogP contribution in [0.15, 0.2) is 23.9 Å². The number of aromatic nitrogens is 1. The maximum atomic E-state index is 13.8. The number of likely N-dealkylation sites (tertiary alicyclic amines) is 1. The highest BCUT2D eigenvalue weighted by atomic mass is 32.2. The fourth-order valence-corrected chi connectivity index (χ4v) is 7.76. The second-order valence-corrected chi connectivity index (χ2v) is 15.5. The molecule has 0 radical (unpaired) electrons. The van der Waals surface area contributed by atoms with Crippen LogP contribution in [0, 0.1) is 29.1 Å². The summed E-state index contributed by atoms with van der Waals surface area (Å²) in [7, 11) is -1.82. The number of allylic oxidation sites excluding steroid dienone is 1. The topological polar surface area (TPSA) is 135 Å². The number of ether oxygens (including phenoxy) is 1. The zero-order chi connectivity index (χ0) is 29.3. The molecule has 1 saturated heterocycles. The Labute approximate surface area is 241 Å². The van der Waals surface area contributed by atoms with Gasteiger partial charge < -0.3 is 20.3 Å². The first-order chi connectivity index (χ1) is 19.4. The first-order valence-corrected chi connectivity index (χ1v) is 16.7. The van der Waals surface area contributed by atoms with Crippen LogP contribution < -0.4 is 15.4 Å². The number of amides is 3. The molecular formula is C30H40N4O6S. The summed E-state index contributed by atoms with van der Waals surface area (Å²) in [4.78, 5) is 46.3. The van der Waals surface area contributed by atoms with Gasteiger partial charge in [0.25, 0.3) is 11.8 Å². The molecule has 222 valence electrons. The fraction of sp³-hybridized carbons (Fsp3) is 0.667. The Hall–Kier alpha value is -2.95. The normalized spacial score (nSPS) is 30.0. The Balaban J connectivity index is 1.23.